The molecule has 3 N–H and O–H groups in total. The normalized spacial score (nSPS) is 19.4. The summed E-state index contributed by atoms with van der Waals surface area (Å²) in [7, 11) is 0. The van der Waals surface area contributed by atoms with E-state index in [9.17, 15) is 14.4 Å². The molecule has 1 saturated heterocycles. The molecule has 8 nitrogen and oxygen atoms in total. The number of carbonyl (C=O) groups excluding carboxylic acids is 3. The lowest BCUT2D eigenvalue weighted by molar-refractivity contribution is -0.117. The molecule has 0 radical (unpaired) electrons. The standard InChI is InChI=1S/C21H26N4O4S/c1-13-4-5-14-16(11-13)30-20(18(14)19(22)27)23-17(26)12-24-6-8-25(9-7-24)21(28)15-3-2-10-29-15/h2-3,10,13H,4-9,11-12H2,1H3,(H2,22,27)(H,23,26)/t13-/m0/s1. The molecule has 2 aliphatic rings. The Morgan fingerprint density at radius 1 is 1.27 bits per heavy atom. The third kappa shape index (κ3) is 4.27. The maximum absolute atomic E-state index is 12.6. The predicted octanol–water partition coefficient (Wildman–Crippen LogP) is 1.96. The maximum atomic E-state index is 12.6. The van der Waals surface area contributed by atoms with Gasteiger partial charge in [-0.05, 0) is 42.9 Å². The van der Waals surface area contributed by atoms with Crippen LogP contribution in [0.1, 0.15) is 44.7 Å². The zero-order chi connectivity index (χ0) is 21.3. The minimum atomic E-state index is -0.484. The van der Waals surface area contributed by atoms with Gasteiger partial charge in [0.05, 0.1) is 18.4 Å². The fourth-order valence-corrected chi connectivity index (χ4v) is 5.57. The summed E-state index contributed by atoms with van der Waals surface area (Å²) in [5, 5.41) is 3.48. The highest BCUT2D eigenvalue weighted by Gasteiger charge is 2.28. The molecule has 30 heavy (non-hydrogen) atoms. The van der Waals surface area contributed by atoms with E-state index < -0.39 is 5.91 Å². The Labute approximate surface area is 179 Å². The van der Waals surface area contributed by atoms with Crippen LogP contribution in [0.15, 0.2) is 22.8 Å². The van der Waals surface area contributed by atoms with E-state index in [0.29, 0.717) is 48.4 Å². The second-order valence-corrected chi connectivity index (χ2v) is 9.12. The first kappa shape index (κ1) is 20.6. The second kappa shape index (κ2) is 8.61. The number of nitrogens with two attached hydrogens (primary N) is 1. The van der Waals surface area contributed by atoms with Crippen LogP contribution in [0.5, 0.6) is 0 Å². The number of piperazine rings is 1. The summed E-state index contributed by atoms with van der Waals surface area (Å²) in [6.45, 7) is 4.66. The van der Waals surface area contributed by atoms with Crippen molar-refractivity contribution in [2.24, 2.45) is 11.7 Å². The van der Waals surface area contributed by atoms with Crippen molar-refractivity contribution in [1.82, 2.24) is 9.80 Å². The SMILES string of the molecule is C[C@H]1CCc2c(sc(NC(=O)CN3CCN(C(=O)c4ccco4)CC3)c2C(N)=O)C1. The van der Waals surface area contributed by atoms with Crippen molar-refractivity contribution >= 4 is 34.1 Å². The maximum Gasteiger partial charge on any atom is 0.289 e. The molecule has 1 aliphatic carbocycles. The second-order valence-electron chi connectivity index (χ2n) is 8.01. The molecule has 1 aliphatic heterocycles. The Bertz CT molecular complexity index is 945. The van der Waals surface area contributed by atoms with E-state index in [0.717, 1.165) is 29.7 Å². The molecule has 0 bridgehead atoms. The zero-order valence-corrected chi connectivity index (χ0v) is 17.8. The van der Waals surface area contributed by atoms with Gasteiger partial charge in [0, 0.05) is 31.1 Å². The van der Waals surface area contributed by atoms with Crippen molar-refractivity contribution in [2.45, 2.75) is 26.2 Å². The van der Waals surface area contributed by atoms with Crippen molar-refractivity contribution < 1.29 is 18.8 Å². The van der Waals surface area contributed by atoms with Gasteiger partial charge >= 0.3 is 0 Å². The number of rotatable bonds is 5. The molecule has 1 atom stereocenters. The number of anilines is 1. The Balaban J connectivity index is 1.35. The average Bonchev–Trinajstić information content (AvgIpc) is 3.35. The van der Waals surface area contributed by atoms with Crippen LogP contribution in [0.25, 0.3) is 0 Å². The number of fused-ring (bicyclic) bond motifs is 1. The van der Waals surface area contributed by atoms with Gasteiger partial charge in [-0.25, -0.2) is 0 Å². The lowest BCUT2D eigenvalue weighted by atomic mass is 9.88. The number of nitrogens with zero attached hydrogens (tertiary/aromatic N) is 2. The van der Waals surface area contributed by atoms with Gasteiger partial charge in [-0.15, -0.1) is 11.3 Å². The predicted molar refractivity (Wildman–Crippen MR) is 114 cm³/mol. The quantitative estimate of drug-likeness (QED) is 0.754. The van der Waals surface area contributed by atoms with Gasteiger partial charge in [0.15, 0.2) is 5.76 Å². The number of hydrogen-bond donors (Lipinski definition) is 2. The Kier molecular flexibility index (Phi) is 5.92. The minimum Gasteiger partial charge on any atom is -0.459 e. The van der Waals surface area contributed by atoms with Gasteiger partial charge in [0.2, 0.25) is 5.91 Å². The van der Waals surface area contributed by atoms with E-state index in [4.69, 9.17) is 10.2 Å². The highest BCUT2D eigenvalue weighted by Crippen LogP contribution is 2.39. The fraction of sp³-hybridized carbons (Fsp3) is 0.476. The van der Waals surface area contributed by atoms with Gasteiger partial charge in [0.25, 0.3) is 11.8 Å². The van der Waals surface area contributed by atoms with E-state index in [1.807, 2.05) is 4.90 Å². The topological polar surface area (TPSA) is 109 Å². The fourth-order valence-electron chi connectivity index (χ4n) is 4.13. The number of thiophene rings is 1. The summed E-state index contributed by atoms with van der Waals surface area (Å²) in [5.41, 5.74) is 7.10. The van der Waals surface area contributed by atoms with Crippen molar-refractivity contribution in [1.29, 1.82) is 0 Å². The zero-order valence-electron chi connectivity index (χ0n) is 17.0. The van der Waals surface area contributed by atoms with E-state index in [1.165, 1.54) is 17.6 Å². The summed E-state index contributed by atoms with van der Waals surface area (Å²) in [6, 6.07) is 3.34. The summed E-state index contributed by atoms with van der Waals surface area (Å²) in [5.74, 6) is 0.114. The van der Waals surface area contributed by atoms with Crippen LogP contribution in [0.2, 0.25) is 0 Å². The third-order valence-electron chi connectivity index (χ3n) is 5.77. The molecule has 1 fully saturated rings. The monoisotopic (exact) mass is 430 g/mol. The molecule has 2 aromatic heterocycles. The lowest BCUT2D eigenvalue weighted by Crippen LogP contribution is -2.50. The molecule has 3 heterocycles. The van der Waals surface area contributed by atoms with Crippen LogP contribution < -0.4 is 11.1 Å². The molecule has 4 rings (SSSR count). The first-order valence-corrected chi connectivity index (χ1v) is 11.0. The van der Waals surface area contributed by atoms with Crippen LogP contribution in [-0.4, -0.2) is 60.2 Å². The summed E-state index contributed by atoms with van der Waals surface area (Å²) in [6.07, 6.45) is 4.25. The highest BCUT2D eigenvalue weighted by molar-refractivity contribution is 7.17. The molecular weight excluding hydrogens is 404 g/mol. The van der Waals surface area contributed by atoms with Gasteiger partial charge in [-0.3, -0.25) is 19.3 Å². The van der Waals surface area contributed by atoms with Crippen molar-refractivity contribution in [3.8, 4) is 0 Å². The van der Waals surface area contributed by atoms with Crippen molar-refractivity contribution in [3.63, 3.8) is 0 Å². The number of furan rings is 1. The van der Waals surface area contributed by atoms with Gasteiger partial charge in [-0.1, -0.05) is 6.92 Å². The lowest BCUT2D eigenvalue weighted by Gasteiger charge is -2.33. The molecule has 0 spiro atoms. The largest absolute Gasteiger partial charge is 0.459 e. The van der Waals surface area contributed by atoms with E-state index in [2.05, 4.69) is 12.2 Å². The highest BCUT2D eigenvalue weighted by atomic mass is 32.1. The van der Waals surface area contributed by atoms with E-state index in [1.54, 1.807) is 17.0 Å². The van der Waals surface area contributed by atoms with Crippen LogP contribution in [0, 0.1) is 5.92 Å². The number of amides is 3. The molecule has 2 aromatic rings. The van der Waals surface area contributed by atoms with Gasteiger partial charge in [-0.2, -0.15) is 0 Å². The van der Waals surface area contributed by atoms with Gasteiger partial charge < -0.3 is 20.4 Å². The summed E-state index contributed by atoms with van der Waals surface area (Å²) < 4.78 is 5.17. The number of carbonyl (C=O) groups is 3. The number of primary amides is 1. The average molecular weight is 431 g/mol. The summed E-state index contributed by atoms with van der Waals surface area (Å²) in [4.78, 5) is 41.9. The van der Waals surface area contributed by atoms with Crippen LogP contribution in [-0.2, 0) is 17.6 Å². The first-order valence-electron chi connectivity index (χ1n) is 10.2. The van der Waals surface area contributed by atoms with Crippen LogP contribution in [0.3, 0.4) is 0 Å². The smallest absolute Gasteiger partial charge is 0.289 e. The first-order chi connectivity index (χ1) is 14.4. The Morgan fingerprint density at radius 3 is 2.70 bits per heavy atom. The molecule has 160 valence electrons. The Hall–Kier alpha value is -2.65. The molecule has 3 amide bonds. The Morgan fingerprint density at radius 2 is 2.03 bits per heavy atom. The van der Waals surface area contributed by atoms with Crippen LogP contribution >= 0.6 is 11.3 Å². The van der Waals surface area contributed by atoms with Crippen LogP contribution in [0.4, 0.5) is 5.00 Å². The number of hydrogen-bond acceptors (Lipinski definition) is 6. The van der Waals surface area contributed by atoms with E-state index in [-0.39, 0.29) is 18.4 Å². The molecular formula is C21H26N4O4S. The molecule has 9 heteroatoms. The minimum absolute atomic E-state index is 0.131. The van der Waals surface area contributed by atoms with Crippen molar-refractivity contribution in [3.05, 3.63) is 40.2 Å². The number of nitrogens with one attached hydrogen (secondary N) is 1. The van der Waals surface area contributed by atoms with Crippen molar-refractivity contribution in [2.75, 3.05) is 38.0 Å². The van der Waals surface area contributed by atoms with E-state index >= 15 is 0 Å². The third-order valence-corrected chi connectivity index (χ3v) is 6.94. The molecule has 0 unspecified atom stereocenters. The molecule has 0 saturated carbocycles. The molecule has 0 aromatic carbocycles. The summed E-state index contributed by atoms with van der Waals surface area (Å²) >= 11 is 1.47. The van der Waals surface area contributed by atoms with Gasteiger partial charge in [0.1, 0.15) is 5.00 Å².